The standard InChI is InChI=1S/C18H20N6O/c1-23(2)10-6-9-20-16-14(11-19)17-21-12-15(18(25)24(17)22-16)13-7-4-3-5-8-13/h3-5,7-8,12,15H,6,9-10H2,1-2H3,(H,20,22). The van der Waals surface area contributed by atoms with Gasteiger partial charge in [-0.25, -0.2) is 4.99 Å². The van der Waals surface area contributed by atoms with Crippen molar-refractivity contribution in [2.75, 3.05) is 32.5 Å². The zero-order valence-electron chi connectivity index (χ0n) is 14.3. The molecule has 7 nitrogen and oxygen atoms in total. The number of rotatable bonds is 6. The summed E-state index contributed by atoms with van der Waals surface area (Å²) in [5.41, 5.74) is 1.16. The normalized spacial score (nSPS) is 15.9. The first kappa shape index (κ1) is 16.9. The number of carbonyl (C=O) groups excluding carboxylic acids is 1. The summed E-state index contributed by atoms with van der Waals surface area (Å²) in [4.78, 5) is 19.2. The molecule has 1 aliphatic rings. The van der Waals surface area contributed by atoms with Crippen molar-refractivity contribution in [1.29, 1.82) is 5.26 Å². The highest BCUT2D eigenvalue weighted by atomic mass is 16.2. The molecule has 0 saturated carbocycles. The van der Waals surface area contributed by atoms with Gasteiger partial charge in [0.05, 0.1) is 0 Å². The van der Waals surface area contributed by atoms with Crippen LogP contribution in [0.2, 0.25) is 0 Å². The number of nitrogens with one attached hydrogen (secondary N) is 1. The number of aliphatic imine (C=N–C) groups is 1. The summed E-state index contributed by atoms with van der Waals surface area (Å²) in [6.07, 6.45) is 2.50. The molecule has 1 N–H and O–H groups in total. The molecule has 25 heavy (non-hydrogen) atoms. The van der Waals surface area contributed by atoms with Crippen molar-refractivity contribution >= 4 is 23.8 Å². The van der Waals surface area contributed by atoms with Gasteiger partial charge in [0.2, 0.25) is 0 Å². The number of nitriles is 1. The van der Waals surface area contributed by atoms with E-state index in [4.69, 9.17) is 0 Å². The minimum absolute atomic E-state index is 0.200. The third-order valence-electron chi connectivity index (χ3n) is 4.03. The van der Waals surface area contributed by atoms with Gasteiger partial charge in [0.1, 0.15) is 17.6 Å². The van der Waals surface area contributed by atoms with Crippen LogP contribution in [0.1, 0.15) is 28.3 Å². The molecule has 1 aromatic carbocycles. The summed E-state index contributed by atoms with van der Waals surface area (Å²) in [5.74, 6) is 0.0287. The molecule has 2 aromatic rings. The molecule has 0 amide bonds. The van der Waals surface area contributed by atoms with E-state index in [1.165, 1.54) is 4.68 Å². The maximum absolute atomic E-state index is 12.8. The molecule has 2 heterocycles. The molecule has 7 heteroatoms. The maximum Gasteiger partial charge on any atom is 0.261 e. The Hall–Kier alpha value is -2.98. The van der Waals surface area contributed by atoms with E-state index in [0.717, 1.165) is 18.5 Å². The summed E-state index contributed by atoms with van der Waals surface area (Å²) in [7, 11) is 4.01. The Balaban J connectivity index is 1.83. The first-order chi connectivity index (χ1) is 12.1. The molecule has 0 saturated heterocycles. The average Bonchev–Trinajstić information content (AvgIpc) is 2.98. The van der Waals surface area contributed by atoms with Gasteiger partial charge in [0.25, 0.3) is 5.91 Å². The Labute approximate surface area is 146 Å². The smallest absolute Gasteiger partial charge is 0.261 e. The Morgan fingerprint density at radius 3 is 2.76 bits per heavy atom. The van der Waals surface area contributed by atoms with Crippen molar-refractivity contribution < 1.29 is 4.79 Å². The summed E-state index contributed by atoms with van der Waals surface area (Å²) >= 11 is 0. The van der Waals surface area contributed by atoms with Gasteiger partial charge >= 0.3 is 0 Å². The van der Waals surface area contributed by atoms with Crippen molar-refractivity contribution in [2.45, 2.75) is 12.3 Å². The SMILES string of the molecule is CN(C)CCCNc1nn2c(c1C#N)N=CC(c1ccccc1)C2=O. The molecule has 0 bridgehead atoms. The van der Waals surface area contributed by atoms with Crippen LogP contribution in [0.15, 0.2) is 35.3 Å². The lowest BCUT2D eigenvalue weighted by Crippen LogP contribution is -2.25. The molecule has 128 valence electrons. The third-order valence-corrected chi connectivity index (χ3v) is 4.03. The lowest BCUT2D eigenvalue weighted by atomic mass is 9.99. The number of fused-ring (bicyclic) bond motifs is 1. The van der Waals surface area contributed by atoms with E-state index in [1.54, 1.807) is 6.21 Å². The van der Waals surface area contributed by atoms with Crippen molar-refractivity contribution in [3.8, 4) is 6.07 Å². The summed E-state index contributed by atoms with van der Waals surface area (Å²) in [5, 5.41) is 16.9. The van der Waals surface area contributed by atoms with Crippen LogP contribution in [0.5, 0.6) is 0 Å². The van der Waals surface area contributed by atoms with E-state index in [0.29, 0.717) is 23.7 Å². The number of aromatic nitrogens is 2. The maximum atomic E-state index is 12.8. The van der Waals surface area contributed by atoms with E-state index in [-0.39, 0.29) is 5.91 Å². The summed E-state index contributed by atoms with van der Waals surface area (Å²) in [6, 6.07) is 11.5. The number of anilines is 1. The quantitative estimate of drug-likeness (QED) is 0.818. The number of hydrogen-bond donors (Lipinski definition) is 1. The lowest BCUT2D eigenvalue weighted by molar-refractivity contribution is 0.0888. The Morgan fingerprint density at radius 1 is 1.32 bits per heavy atom. The van der Waals surface area contributed by atoms with E-state index >= 15 is 0 Å². The second-order valence-electron chi connectivity index (χ2n) is 6.16. The van der Waals surface area contributed by atoms with Gasteiger partial charge in [-0.15, -0.1) is 5.10 Å². The van der Waals surface area contributed by atoms with Crippen LogP contribution in [-0.2, 0) is 0 Å². The zero-order chi connectivity index (χ0) is 17.8. The molecule has 1 aliphatic heterocycles. The molecule has 0 spiro atoms. The number of benzene rings is 1. The van der Waals surface area contributed by atoms with Gasteiger partial charge in [-0.2, -0.15) is 9.94 Å². The van der Waals surface area contributed by atoms with Gasteiger partial charge < -0.3 is 10.2 Å². The van der Waals surface area contributed by atoms with Gasteiger partial charge in [-0.05, 0) is 32.6 Å². The highest BCUT2D eigenvalue weighted by Crippen LogP contribution is 2.32. The first-order valence-electron chi connectivity index (χ1n) is 8.17. The predicted molar refractivity (Wildman–Crippen MR) is 96.6 cm³/mol. The third kappa shape index (κ3) is 3.44. The van der Waals surface area contributed by atoms with Gasteiger partial charge in [-0.1, -0.05) is 30.3 Å². The predicted octanol–water partition coefficient (Wildman–Crippen LogP) is 2.26. The van der Waals surface area contributed by atoms with Crippen LogP contribution in [0.3, 0.4) is 0 Å². The fraction of sp³-hybridized carbons (Fsp3) is 0.333. The van der Waals surface area contributed by atoms with Crippen LogP contribution in [0, 0.1) is 11.3 Å². The summed E-state index contributed by atoms with van der Waals surface area (Å²) < 4.78 is 1.24. The molecular weight excluding hydrogens is 316 g/mol. The van der Waals surface area contributed by atoms with Crippen molar-refractivity contribution in [1.82, 2.24) is 14.7 Å². The molecule has 0 aliphatic carbocycles. The molecule has 1 unspecified atom stereocenters. The van der Waals surface area contributed by atoms with Gasteiger partial charge in [-0.3, -0.25) is 4.79 Å². The second-order valence-corrected chi connectivity index (χ2v) is 6.16. The van der Waals surface area contributed by atoms with Crippen LogP contribution >= 0.6 is 0 Å². The van der Waals surface area contributed by atoms with E-state index in [9.17, 15) is 10.1 Å². The van der Waals surface area contributed by atoms with Crippen molar-refractivity contribution in [3.05, 3.63) is 41.5 Å². The molecule has 0 fully saturated rings. The van der Waals surface area contributed by atoms with Crippen molar-refractivity contribution in [3.63, 3.8) is 0 Å². The van der Waals surface area contributed by atoms with E-state index in [1.807, 2.05) is 44.4 Å². The van der Waals surface area contributed by atoms with E-state index in [2.05, 4.69) is 26.4 Å². The average molecular weight is 336 g/mol. The molecule has 3 rings (SSSR count). The monoisotopic (exact) mass is 336 g/mol. The van der Waals surface area contributed by atoms with Gasteiger partial charge in [0, 0.05) is 12.8 Å². The summed E-state index contributed by atoms with van der Waals surface area (Å²) in [6.45, 7) is 1.60. The van der Waals surface area contributed by atoms with E-state index < -0.39 is 5.92 Å². The highest BCUT2D eigenvalue weighted by molar-refractivity contribution is 6.05. The number of carbonyl (C=O) groups is 1. The van der Waals surface area contributed by atoms with Crippen LogP contribution in [-0.4, -0.2) is 54.0 Å². The lowest BCUT2D eigenvalue weighted by Gasteiger charge is -2.15. The molecule has 0 radical (unpaired) electrons. The minimum Gasteiger partial charge on any atom is -0.367 e. The second kappa shape index (κ2) is 7.28. The number of hydrogen-bond acceptors (Lipinski definition) is 6. The minimum atomic E-state index is -0.485. The highest BCUT2D eigenvalue weighted by Gasteiger charge is 2.30. The Kier molecular flexibility index (Phi) is 4.91. The van der Waals surface area contributed by atoms with Crippen LogP contribution in [0.25, 0.3) is 0 Å². The zero-order valence-corrected chi connectivity index (χ0v) is 14.3. The Bertz CT molecular complexity index is 831. The molecular formula is C18H20N6O. The molecule has 1 aromatic heterocycles. The number of nitrogens with zero attached hydrogens (tertiary/aromatic N) is 5. The first-order valence-corrected chi connectivity index (χ1v) is 8.17. The largest absolute Gasteiger partial charge is 0.367 e. The topological polar surface area (TPSA) is 86.3 Å². The van der Waals surface area contributed by atoms with Crippen LogP contribution < -0.4 is 5.32 Å². The fourth-order valence-corrected chi connectivity index (χ4v) is 2.74. The van der Waals surface area contributed by atoms with Crippen LogP contribution in [0.4, 0.5) is 11.6 Å². The molecule has 1 atom stereocenters. The Morgan fingerprint density at radius 2 is 2.08 bits per heavy atom. The fourth-order valence-electron chi connectivity index (χ4n) is 2.74. The van der Waals surface area contributed by atoms with Gasteiger partial charge in [0.15, 0.2) is 11.6 Å². The van der Waals surface area contributed by atoms with Crippen molar-refractivity contribution in [2.24, 2.45) is 4.99 Å².